The van der Waals surface area contributed by atoms with Crippen LogP contribution in [0.4, 0.5) is 5.82 Å². The van der Waals surface area contributed by atoms with Crippen LogP contribution in [0.1, 0.15) is 55.7 Å². The molecule has 9 heteroatoms. The van der Waals surface area contributed by atoms with Crippen molar-refractivity contribution in [2.75, 3.05) is 5.32 Å². The summed E-state index contributed by atoms with van der Waals surface area (Å²) in [5.74, 6) is 0.506. The molecule has 1 aliphatic rings. The number of nitrogens with zero attached hydrogens (tertiary/aromatic N) is 4. The Morgan fingerprint density at radius 2 is 1.86 bits per heavy atom. The van der Waals surface area contributed by atoms with Gasteiger partial charge in [0, 0.05) is 48.9 Å². The van der Waals surface area contributed by atoms with Crippen molar-refractivity contribution < 1.29 is 9.59 Å². The molecule has 9 nitrogen and oxygen atoms in total. The van der Waals surface area contributed by atoms with Gasteiger partial charge in [0.2, 0.25) is 11.5 Å². The lowest BCUT2D eigenvalue weighted by molar-refractivity contribution is -0.119. The zero-order chi connectivity index (χ0) is 25.8. The van der Waals surface area contributed by atoms with E-state index in [1.807, 2.05) is 19.9 Å². The van der Waals surface area contributed by atoms with Crippen molar-refractivity contribution in [3.05, 3.63) is 64.5 Å². The van der Waals surface area contributed by atoms with E-state index in [2.05, 4.69) is 27.6 Å². The minimum atomic E-state index is -0.669. The van der Waals surface area contributed by atoms with Gasteiger partial charge in [-0.15, -0.1) is 0 Å². The molecular weight excluding hydrogens is 456 g/mol. The molecule has 2 amide bonds. The largest absolute Gasteiger partial charge is 0.339 e. The van der Waals surface area contributed by atoms with Gasteiger partial charge in [0.1, 0.15) is 17.6 Å². The monoisotopic (exact) mass is 490 g/mol. The highest BCUT2D eigenvalue weighted by atomic mass is 16.2. The first kappa shape index (κ1) is 25.3. The predicted octanol–water partition coefficient (Wildman–Crippen LogP) is 3.54. The predicted molar refractivity (Wildman–Crippen MR) is 139 cm³/mol. The molecule has 0 bridgehead atoms. The third kappa shape index (κ3) is 5.40. The first-order valence-electron chi connectivity index (χ1n) is 12.5. The van der Waals surface area contributed by atoms with Gasteiger partial charge in [-0.05, 0) is 62.8 Å². The zero-order valence-corrected chi connectivity index (χ0v) is 21.3. The van der Waals surface area contributed by atoms with E-state index in [0.29, 0.717) is 24.0 Å². The minimum absolute atomic E-state index is 0.0516. The van der Waals surface area contributed by atoms with Crippen molar-refractivity contribution in [2.24, 2.45) is 18.9 Å². The van der Waals surface area contributed by atoms with Crippen molar-refractivity contribution in [3.8, 4) is 11.1 Å². The molecule has 36 heavy (non-hydrogen) atoms. The van der Waals surface area contributed by atoms with Crippen molar-refractivity contribution >= 4 is 17.6 Å². The molecule has 1 aliphatic carbocycles. The molecule has 1 saturated carbocycles. The molecule has 0 saturated heterocycles. The molecule has 2 N–H and O–H groups in total. The fourth-order valence-electron chi connectivity index (χ4n) is 4.88. The van der Waals surface area contributed by atoms with Crippen LogP contribution in [0.3, 0.4) is 0 Å². The molecule has 3 aromatic rings. The smallest absolute Gasteiger partial charge is 0.270 e. The van der Waals surface area contributed by atoms with E-state index >= 15 is 0 Å². The van der Waals surface area contributed by atoms with Gasteiger partial charge < -0.3 is 15.2 Å². The molecule has 0 aromatic carbocycles. The lowest BCUT2D eigenvalue weighted by Gasteiger charge is -2.32. The van der Waals surface area contributed by atoms with Crippen LogP contribution in [0.15, 0.2) is 47.5 Å². The highest BCUT2D eigenvalue weighted by molar-refractivity contribution is 6.00. The molecule has 0 radical (unpaired) electrons. The second-order valence-electron chi connectivity index (χ2n) is 9.65. The summed E-state index contributed by atoms with van der Waals surface area (Å²) in [6.07, 6.45) is 7.09. The standard InChI is InChI=1S/C27H34N6O3/c1-5-33-22(14-15-29-33)26(35)31-25(19-8-6-17(2)7-9-19)27(36)30-23-12-10-20(16-28-23)21-11-13-24(34)32(4)18(21)3/h10-17,19,25H,5-9H2,1-4H3,(H,31,35)(H,28,30,36)/t17-,19-,25-/m0/s1. The molecule has 1 atom stereocenters. The SMILES string of the molecule is CCn1nccc1C(=O)N[C@H](C(=O)Nc1ccc(-c2ccc(=O)n(C)c2C)cn1)[C@H]1CC[C@H](C)CC1. The van der Waals surface area contributed by atoms with E-state index in [0.717, 1.165) is 42.5 Å². The maximum Gasteiger partial charge on any atom is 0.270 e. The fourth-order valence-corrected chi connectivity index (χ4v) is 4.88. The Kier molecular flexibility index (Phi) is 7.67. The Hall–Kier alpha value is -3.75. The number of carbonyl (C=O) groups excluding carboxylic acids is 2. The third-order valence-corrected chi connectivity index (χ3v) is 7.29. The van der Waals surface area contributed by atoms with Crippen molar-refractivity contribution in [3.63, 3.8) is 0 Å². The minimum Gasteiger partial charge on any atom is -0.339 e. The van der Waals surface area contributed by atoms with Crippen LogP contribution < -0.4 is 16.2 Å². The summed E-state index contributed by atoms with van der Waals surface area (Å²) in [5, 5.41) is 10.1. The molecular formula is C27H34N6O3. The summed E-state index contributed by atoms with van der Waals surface area (Å²) in [6.45, 7) is 6.60. The van der Waals surface area contributed by atoms with Gasteiger partial charge >= 0.3 is 0 Å². The molecule has 0 aliphatic heterocycles. The Bertz CT molecular complexity index is 1290. The van der Waals surface area contributed by atoms with E-state index in [-0.39, 0.29) is 23.3 Å². The average Bonchev–Trinajstić information content (AvgIpc) is 3.36. The number of anilines is 1. The number of pyridine rings is 2. The highest BCUT2D eigenvalue weighted by Crippen LogP contribution is 2.31. The average molecular weight is 491 g/mol. The highest BCUT2D eigenvalue weighted by Gasteiger charge is 2.33. The molecule has 0 spiro atoms. The quantitative estimate of drug-likeness (QED) is 0.526. The molecule has 3 heterocycles. The van der Waals surface area contributed by atoms with Crippen LogP contribution in [-0.2, 0) is 18.4 Å². The third-order valence-electron chi connectivity index (χ3n) is 7.29. The van der Waals surface area contributed by atoms with Crippen molar-refractivity contribution in [2.45, 2.75) is 59.0 Å². The fraction of sp³-hybridized carbons (Fsp3) is 0.444. The molecule has 0 unspecified atom stereocenters. The number of hydrogen-bond donors (Lipinski definition) is 2. The van der Waals surface area contributed by atoms with Crippen LogP contribution in [0.25, 0.3) is 11.1 Å². The van der Waals surface area contributed by atoms with Crippen LogP contribution in [0, 0.1) is 18.8 Å². The molecule has 1 fully saturated rings. The Balaban J connectivity index is 1.52. The van der Waals surface area contributed by atoms with Gasteiger partial charge in [0.25, 0.3) is 5.91 Å². The summed E-state index contributed by atoms with van der Waals surface area (Å²) in [7, 11) is 1.73. The van der Waals surface area contributed by atoms with Gasteiger partial charge in [-0.25, -0.2) is 4.98 Å². The van der Waals surface area contributed by atoms with Crippen LogP contribution in [0.2, 0.25) is 0 Å². The van der Waals surface area contributed by atoms with Crippen LogP contribution >= 0.6 is 0 Å². The van der Waals surface area contributed by atoms with Crippen molar-refractivity contribution in [1.82, 2.24) is 24.6 Å². The van der Waals surface area contributed by atoms with Gasteiger partial charge in [0.05, 0.1) is 0 Å². The van der Waals surface area contributed by atoms with Crippen LogP contribution in [0.5, 0.6) is 0 Å². The first-order chi connectivity index (χ1) is 17.3. The number of nitrogens with one attached hydrogen (secondary N) is 2. The molecule has 190 valence electrons. The Morgan fingerprint density at radius 1 is 1.11 bits per heavy atom. The van der Waals surface area contributed by atoms with Gasteiger partial charge in [-0.2, -0.15) is 5.10 Å². The maximum absolute atomic E-state index is 13.4. The number of hydrogen-bond acceptors (Lipinski definition) is 5. The summed E-state index contributed by atoms with van der Waals surface area (Å²) in [5.41, 5.74) is 2.95. The number of aromatic nitrogens is 4. The lowest BCUT2D eigenvalue weighted by Crippen LogP contribution is -2.49. The Labute approximate surface area is 210 Å². The maximum atomic E-state index is 13.4. The number of carbonyl (C=O) groups is 2. The van der Waals surface area contributed by atoms with E-state index in [9.17, 15) is 14.4 Å². The zero-order valence-electron chi connectivity index (χ0n) is 21.3. The molecule has 3 aromatic heterocycles. The summed E-state index contributed by atoms with van der Waals surface area (Å²) in [6, 6.07) is 7.91. The van der Waals surface area contributed by atoms with E-state index < -0.39 is 6.04 Å². The Morgan fingerprint density at radius 3 is 2.53 bits per heavy atom. The lowest BCUT2D eigenvalue weighted by atomic mass is 9.79. The second kappa shape index (κ2) is 10.9. The normalized spacial score (nSPS) is 18.4. The number of rotatable bonds is 7. The first-order valence-corrected chi connectivity index (χ1v) is 12.5. The summed E-state index contributed by atoms with van der Waals surface area (Å²) < 4.78 is 3.21. The van der Waals surface area contributed by atoms with Gasteiger partial charge in [0.15, 0.2) is 0 Å². The second-order valence-corrected chi connectivity index (χ2v) is 9.65. The number of amides is 2. The van der Waals surface area contributed by atoms with Gasteiger partial charge in [-0.3, -0.25) is 19.1 Å². The van der Waals surface area contributed by atoms with Crippen LogP contribution in [-0.4, -0.2) is 37.2 Å². The topological polar surface area (TPSA) is 111 Å². The molecule has 4 rings (SSSR count). The van der Waals surface area contributed by atoms with E-state index in [1.54, 1.807) is 46.9 Å². The van der Waals surface area contributed by atoms with E-state index in [4.69, 9.17) is 0 Å². The van der Waals surface area contributed by atoms with E-state index in [1.165, 1.54) is 6.07 Å². The van der Waals surface area contributed by atoms with Crippen molar-refractivity contribution in [1.29, 1.82) is 0 Å². The number of aryl methyl sites for hydroxylation is 1. The summed E-state index contributed by atoms with van der Waals surface area (Å²) in [4.78, 5) is 42.8. The van der Waals surface area contributed by atoms with Gasteiger partial charge in [-0.1, -0.05) is 19.8 Å². The summed E-state index contributed by atoms with van der Waals surface area (Å²) >= 11 is 0.